The van der Waals surface area contributed by atoms with Crippen LogP contribution in [0.3, 0.4) is 0 Å². The lowest BCUT2D eigenvalue weighted by Crippen LogP contribution is -2.20. The van der Waals surface area contributed by atoms with Crippen molar-refractivity contribution in [2.45, 2.75) is 0 Å². The Morgan fingerprint density at radius 3 is 2.61 bits per heavy atom. The Morgan fingerprint density at radius 1 is 1.00 bits per heavy atom. The predicted molar refractivity (Wildman–Crippen MR) is 117 cm³/mol. The van der Waals surface area contributed by atoms with Crippen molar-refractivity contribution in [2.24, 2.45) is 0 Å². The van der Waals surface area contributed by atoms with Crippen LogP contribution in [-0.4, -0.2) is 29.8 Å². The summed E-state index contributed by atoms with van der Waals surface area (Å²) >= 11 is 5.93. The molecule has 0 fully saturated rings. The van der Waals surface area contributed by atoms with Crippen molar-refractivity contribution in [2.75, 3.05) is 19.0 Å². The maximum absolute atomic E-state index is 12.2. The number of benzene rings is 3. The number of carbonyl (C=O) groups is 1. The summed E-state index contributed by atoms with van der Waals surface area (Å²) in [5, 5.41) is 7.30. The Kier molecular flexibility index (Phi) is 6.14. The molecule has 4 aromatic rings. The van der Waals surface area contributed by atoms with Crippen LogP contribution >= 0.6 is 11.6 Å². The first-order chi connectivity index (χ1) is 15.1. The van der Waals surface area contributed by atoms with E-state index in [2.05, 4.69) is 15.5 Å². The average Bonchev–Trinajstić information content (AvgIpc) is 3.28. The minimum absolute atomic E-state index is 0.192. The van der Waals surface area contributed by atoms with Crippen LogP contribution in [0.5, 0.6) is 11.5 Å². The van der Waals surface area contributed by atoms with Crippen LogP contribution in [0.2, 0.25) is 5.02 Å². The van der Waals surface area contributed by atoms with E-state index in [0.29, 0.717) is 39.5 Å². The van der Waals surface area contributed by atoms with E-state index in [-0.39, 0.29) is 12.5 Å². The first-order valence-corrected chi connectivity index (χ1v) is 9.76. The van der Waals surface area contributed by atoms with Crippen LogP contribution in [0.25, 0.3) is 22.8 Å². The fraction of sp³-hybridized carbons (Fsp3) is 0.0870. The van der Waals surface area contributed by atoms with Crippen molar-refractivity contribution in [1.29, 1.82) is 0 Å². The molecule has 1 N–H and O–H groups in total. The van der Waals surface area contributed by atoms with Gasteiger partial charge in [-0.2, -0.15) is 4.98 Å². The zero-order valence-corrected chi connectivity index (χ0v) is 17.3. The molecule has 4 rings (SSSR count). The molecule has 0 saturated carbocycles. The lowest BCUT2D eigenvalue weighted by molar-refractivity contribution is -0.118. The quantitative estimate of drug-likeness (QED) is 0.435. The third kappa shape index (κ3) is 5.02. The number of nitrogens with zero attached hydrogens (tertiary/aromatic N) is 2. The summed E-state index contributed by atoms with van der Waals surface area (Å²) in [6, 6.07) is 21.6. The molecule has 31 heavy (non-hydrogen) atoms. The highest BCUT2D eigenvalue weighted by Crippen LogP contribution is 2.32. The average molecular weight is 436 g/mol. The van der Waals surface area contributed by atoms with Gasteiger partial charge in [0.05, 0.1) is 7.11 Å². The normalized spacial score (nSPS) is 10.5. The molecule has 0 radical (unpaired) electrons. The topological polar surface area (TPSA) is 86.5 Å². The van der Waals surface area contributed by atoms with Gasteiger partial charge in [0.2, 0.25) is 5.82 Å². The summed E-state index contributed by atoms with van der Waals surface area (Å²) in [7, 11) is 1.52. The zero-order chi connectivity index (χ0) is 21.6. The van der Waals surface area contributed by atoms with Crippen molar-refractivity contribution in [3.63, 3.8) is 0 Å². The molecule has 7 nitrogen and oxygen atoms in total. The molecule has 156 valence electrons. The monoisotopic (exact) mass is 435 g/mol. The Balaban J connectivity index is 1.45. The molecular formula is C23H18ClN3O4. The number of anilines is 1. The fourth-order valence-corrected chi connectivity index (χ4v) is 3.06. The van der Waals surface area contributed by atoms with Crippen LogP contribution in [0, 0.1) is 0 Å². The summed E-state index contributed by atoms with van der Waals surface area (Å²) in [6.45, 7) is -0.192. The zero-order valence-electron chi connectivity index (χ0n) is 16.5. The fourth-order valence-electron chi connectivity index (χ4n) is 2.87. The Labute approximate surface area is 183 Å². The number of carbonyl (C=O) groups excluding carboxylic acids is 1. The number of rotatable bonds is 7. The van der Waals surface area contributed by atoms with Crippen LogP contribution in [0.1, 0.15) is 0 Å². The molecule has 1 heterocycles. The van der Waals surface area contributed by atoms with E-state index >= 15 is 0 Å². The van der Waals surface area contributed by atoms with Crippen molar-refractivity contribution in [3.05, 3.63) is 77.8 Å². The number of methoxy groups -OCH3 is 1. The second kappa shape index (κ2) is 9.32. The summed E-state index contributed by atoms with van der Waals surface area (Å²) < 4.78 is 16.4. The summed E-state index contributed by atoms with van der Waals surface area (Å²) in [5.41, 5.74) is 2.12. The van der Waals surface area contributed by atoms with E-state index in [1.807, 2.05) is 30.3 Å². The van der Waals surface area contributed by atoms with Crippen LogP contribution < -0.4 is 14.8 Å². The number of aromatic nitrogens is 2. The molecule has 0 atom stereocenters. The third-order valence-corrected chi connectivity index (χ3v) is 4.57. The van der Waals surface area contributed by atoms with Crippen LogP contribution in [-0.2, 0) is 4.79 Å². The van der Waals surface area contributed by atoms with Gasteiger partial charge < -0.3 is 19.3 Å². The number of amides is 1. The number of halogens is 1. The van der Waals surface area contributed by atoms with Gasteiger partial charge in [0.25, 0.3) is 11.8 Å². The van der Waals surface area contributed by atoms with E-state index in [4.69, 9.17) is 25.6 Å². The highest BCUT2D eigenvalue weighted by molar-refractivity contribution is 6.30. The van der Waals surface area contributed by atoms with Gasteiger partial charge >= 0.3 is 0 Å². The maximum Gasteiger partial charge on any atom is 0.262 e. The first kappa shape index (κ1) is 20.4. The van der Waals surface area contributed by atoms with Crippen molar-refractivity contribution in [3.8, 4) is 34.3 Å². The van der Waals surface area contributed by atoms with Crippen molar-refractivity contribution < 1.29 is 18.8 Å². The van der Waals surface area contributed by atoms with Crippen molar-refractivity contribution >= 4 is 23.2 Å². The predicted octanol–water partition coefficient (Wildman–Crippen LogP) is 5.08. The van der Waals surface area contributed by atoms with Gasteiger partial charge in [0.15, 0.2) is 18.1 Å². The summed E-state index contributed by atoms with van der Waals surface area (Å²) in [4.78, 5) is 16.6. The first-order valence-electron chi connectivity index (χ1n) is 9.38. The molecule has 3 aromatic carbocycles. The molecule has 0 aliphatic heterocycles. The summed E-state index contributed by atoms with van der Waals surface area (Å²) in [5.74, 6) is 1.38. The molecular weight excluding hydrogens is 418 g/mol. The van der Waals surface area contributed by atoms with Gasteiger partial charge in [-0.1, -0.05) is 41.0 Å². The van der Waals surface area contributed by atoms with Gasteiger partial charge in [-0.25, -0.2) is 0 Å². The van der Waals surface area contributed by atoms with Gasteiger partial charge in [-0.05, 0) is 48.5 Å². The molecule has 1 amide bonds. The Bertz CT molecular complexity index is 1190. The third-order valence-electron chi connectivity index (χ3n) is 4.34. The highest BCUT2D eigenvalue weighted by Gasteiger charge is 2.14. The van der Waals surface area contributed by atoms with E-state index in [1.165, 1.54) is 7.11 Å². The molecule has 0 unspecified atom stereocenters. The maximum atomic E-state index is 12.2. The Morgan fingerprint density at radius 2 is 1.84 bits per heavy atom. The van der Waals surface area contributed by atoms with Crippen LogP contribution in [0.4, 0.5) is 5.69 Å². The van der Waals surface area contributed by atoms with Gasteiger partial charge in [-0.15, -0.1) is 0 Å². The second-order valence-electron chi connectivity index (χ2n) is 6.50. The summed E-state index contributed by atoms with van der Waals surface area (Å²) in [6.07, 6.45) is 0. The Hall–Kier alpha value is -3.84. The molecule has 0 spiro atoms. The minimum atomic E-state index is -0.320. The van der Waals surface area contributed by atoms with Crippen molar-refractivity contribution in [1.82, 2.24) is 10.1 Å². The SMILES string of the molecule is COc1cc(-c2noc(-c3ccccc3)n2)ccc1OCC(=O)Nc1cccc(Cl)c1. The minimum Gasteiger partial charge on any atom is -0.493 e. The number of hydrogen-bond acceptors (Lipinski definition) is 6. The standard InChI is InChI=1S/C23H18ClN3O4/c1-29-20-12-16(22-26-23(31-27-22)15-6-3-2-4-7-15)10-11-19(20)30-14-21(28)25-18-9-5-8-17(24)13-18/h2-13H,14H2,1H3,(H,25,28). The largest absolute Gasteiger partial charge is 0.493 e. The molecule has 0 aliphatic carbocycles. The number of hydrogen-bond donors (Lipinski definition) is 1. The van der Waals surface area contributed by atoms with E-state index < -0.39 is 0 Å². The lowest BCUT2D eigenvalue weighted by atomic mass is 10.2. The number of ether oxygens (including phenoxy) is 2. The second-order valence-corrected chi connectivity index (χ2v) is 6.94. The molecule has 0 bridgehead atoms. The molecule has 0 saturated heterocycles. The molecule has 0 aliphatic rings. The van der Waals surface area contributed by atoms with E-state index in [0.717, 1.165) is 5.56 Å². The van der Waals surface area contributed by atoms with Gasteiger partial charge in [0.1, 0.15) is 0 Å². The van der Waals surface area contributed by atoms with Gasteiger partial charge in [0, 0.05) is 21.8 Å². The molecule has 8 heteroatoms. The molecule has 1 aromatic heterocycles. The lowest BCUT2D eigenvalue weighted by Gasteiger charge is -2.11. The number of nitrogens with one attached hydrogen (secondary N) is 1. The van der Waals surface area contributed by atoms with E-state index in [9.17, 15) is 4.79 Å². The van der Waals surface area contributed by atoms with Crippen LogP contribution in [0.15, 0.2) is 77.3 Å². The van der Waals surface area contributed by atoms with E-state index in [1.54, 1.807) is 42.5 Å². The van der Waals surface area contributed by atoms with Gasteiger partial charge in [-0.3, -0.25) is 4.79 Å². The smallest absolute Gasteiger partial charge is 0.262 e. The highest BCUT2D eigenvalue weighted by atomic mass is 35.5.